The molecule has 0 saturated carbocycles. The summed E-state index contributed by atoms with van der Waals surface area (Å²) in [7, 11) is 0. The van der Waals surface area contributed by atoms with Crippen LogP contribution in [0.3, 0.4) is 0 Å². The molecule has 0 saturated heterocycles. The van der Waals surface area contributed by atoms with Crippen molar-refractivity contribution in [1.29, 1.82) is 0 Å². The van der Waals surface area contributed by atoms with Crippen LogP contribution in [0, 0.1) is 0 Å². The number of hydrogen-bond donors (Lipinski definition) is 0. The average Bonchev–Trinajstić information content (AvgIpc) is 2.43. The molecule has 0 amide bonds. The van der Waals surface area contributed by atoms with Crippen LogP contribution in [0.4, 0.5) is 0 Å². The summed E-state index contributed by atoms with van der Waals surface area (Å²) in [6, 6.07) is 7.31. The first kappa shape index (κ1) is 15.6. The highest BCUT2D eigenvalue weighted by Gasteiger charge is 2.31. The Labute approximate surface area is 126 Å². The lowest BCUT2D eigenvalue weighted by molar-refractivity contribution is 0.351. The molecular formula is C20H32. The highest BCUT2D eigenvalue weighted by molar-refractivity contribution is 5.40. The molecule has 0 N–H and O–H groups in total. The van der Waals surface area contributed by atoms with Crippen LogP contribution in [-0.4, -0.2) is 0 Å². The predicted octanol–water partition coefficient (Wildman–Crippen LogP) is 6.37. The molecule has 1 aliphatic carbocycles. The van der Waals surface area contributed by atoms with E-state index >= 15 is 0 Å². The van der Waals surface area contributed by atoms with Gasteiger partial charge in [-0.1, -0.05) is 71.6 Å². The first-order valence-electron chi connectivity index (χ1n) is 8.70. The van der Waals surface area contributed by atoms with E-state index in [1.165, 1.54) is 56.9 Å². The van der Waals surface area contributed by atoms with Gasteiger partial charge in [-0.2, -0.15) is 0 Å². The Bertz CT molecular complexity index is 430. The third kappa shape index (κ3) is 3.45. The van der Waals surface area contributed by atoms with Crippen molar-refractivity contribution >= 4 is 0 Å². The molecule has 0 aromatic heterocycles. The Morgan fingerprint density at radius 3 is 2.65 bits per heavy atom. The molecule has 112 valence electrons. The first-order valence-corrected chi connectivity index (χ1v) is 8.70. The van der Waals surface area contributed by atoms with Crippen LogP contribution in [-0.2, 0) is 11.8 Å². The SMILES string of the molecule is CCCCCCC1(C)CCCc2cc(C(C)C)ccc21. The molecule has 1 atom stereocenters. The maximum Gasteiger partial charge on any atom is -0.00724 e. The number of benzene rings is 1. The molecule has 0 fully saturated rings. The van der Waals surface area contributed by atoms with Gasteiger partial charge in [0.2, 0.25) is 0 Å². The molecule has 0 bridgehead atoms. The number of rotatable bonds is 6. The summed E-state index contributed by atoms with van der Waals surface area (Å²) in [4.78, 5) is 0. The van der Waals surface area contributed by atoms with Crippen molar-refractivity contribution in [2.45, 2.75) is 90.4 Å². The van der Waals surface area contributed by atoms with Gasteiger partial charge in [0.15, 0.2) is 0 Å². The van der Waals surface area contributed by atoms with Gasteiger partial charge in [0, 0.05) is 0 Å². The van der Waals surface area contributed by atoms with Gasteiger partial charge >= 0.3 is 0 Å². The zero-order valence-electron chi connectivity index (χ0n) is 14.0. The Kier molecular flexibility index (Phi) is 5.29. The molecule has 0 spiro atoms. The zero-order valence-corrected chi connectivity index (χ0v) is 14.0. The van der Waals surface area contributed by atoms with E-state index in [0.717, 1.165) is 0 Å². The molecule has 1 unspecified atom stereocenters. The van der Waals surface area contributed by atoms with Gasteiger partial charge in [-0.15, -0.1) is 0 Å². The van der Waals surface area contributed by atoms with Gasteiger partial charge in [-0.05, 0) is 53.7 Å². The monoisotopic (exact) mass is 272 g/mol. The van der Waals surface area contributed by atoms with E-state index in [1.807, 2.05) is 0 Å². The van der Waals surface area contributed by atoms with E-state index in [9.17, 15) is 0 Å². The van der Waals surface area contributed by atoms with E-state index in [2.05, 4.69) is 45.9 Å². The molecule has 1 aliphatic rings. The Balaban J connectivity index is 2.14. The highest BCUT2D eigenvalue weighted by atomic mass is 14.4. The average molecular weight is 272 g/mol. The van der Waals surface area contributed by atoms with Gasteiger partial charge in [-0.3, -0.25) is 0 Å². The van der Waals surface area contributed by atoms with Gasteiger partial charge < -0.3 is 0 Å². The summed E-state index contributed by atoms with van der Waals surface area (Å²) in [6.07, 6.45) is 11.0. The molecular weight excluding hydrogens is 240 g/mol. The molecule has 1 aromatic rings. The van der Waals surface area contributed by atoms with Gasteiger partial charge in [0.1, 0.15) is 0 Å². The van der Waals surface area contributed by atoms with Gasteiger partial charge in [-0.25, -0.2) is 0 Å². The minimum Gasteiger partial charge on any atom is -0.0654 e. The van der Waals surface area contributed by atoms with Crippen LogP contribution in [0.1, 0.15) is 95.2 Å². The quantitative estimate of drug-likeness (QED) is 0.527. The fraction of sp³-hybridized carbons (Fsp3) is 0.700. The molecule has 20 heavy (non-hydrogen) atoms. The van der Waals surface area contributed by atoms with E-state index in [1.54, 1.807) is 11.1 Å². The smallest absolute Gasteiger partial charge is 0.00724 e. The molecule has 1 aromatic carbocycles. The molecule has 0 aliphatic heterocycles. The largest absolute Gasteiger partial charge is 0.0654 e. The fourth-order valence-corrected chi connectivity index (χ4v) is 3.77. The lowest BCUT2D eigenvalue weighted by Gasteiger charge is -2.37. The summed E-state index contributed by atoms with van der Waals surface area (Å²) in [5.41, 5.74) is 5.25. The lowest BCUT2D eigenvalue weighted by atomic mass is 9.68. The van der Waals surface area contributed by atoms with Gasteiger partial charge in [0.05, 0.1) is 0 Å². The number of hydrogen-bond acceptors (Lipinski definition) is 0. The van der Waals surface area contributed by atoms with Crippen LogP contribution < -0.4 is 0 Å². The van der Waals surface area contributed by atoms with Crippen LogP contribution >= 0.6 is 0 Å². The van der Waals surface area contributed by atoms with Crippen molar-refractivity contribution in [1.82, 2.24) is 0 Å². The summed E-state index contributed by atoms with van der Waals surface area (Å²) < 4.78 is 0. The second kappa shape index (κ2) is 6.78. The summed E-state index contributed by atoms with van der Waals surface area (Å²) >= 11 is 0. The standard InChI is InChI=1S/C20H32/c1-5-6-7-8-13-20(4)14-9-10-18-15-17(16(2)3)11-12-19(18)20/h11-12,15-16H,5-10,13-14H2,1-4H3. The highest BCUT2D eigenvalue weighted by Crippen LogP contribution is 2.41. The predicted molar refractivity (Wildman–Crippen MR) is 89.6 cm³/mol. The van der Waals surface area contributed by atoms with Crippen LogP contribution in [0.15, 0.2) is 18.2 Å². The summed E-state index contributed by atoms with van der Waals surface area (Å²) in [6.45, 7) is 9.40. The van der Waals surface area contributed by atoms with Crippen molar-refractivity contribution in [2.75, 3.05) is 0 Å². The maximum absolute atomic E-state index is 2.51. The summed E-state index contributed by atoms with van der Waals surface area (Å²) in [5.74, 6) is 0.651. The topological polar surface area (TPSA) is 0 Å². The Hall–Kier alpha value is -0.780. The lowest BCUT2D eigenvalue weighted by Crippen LogP contribution is -2.27. The van der Waals surface area contributed by atoms with E-state index in [0.29, 0.717) is 11.3 Å². The van der Waals surface area contributed by atoms with E-state index in [-0.39, 0.29) is 0 Å². The molecule has 0 radical (unpaired) electrons. The normalized spacial score (nSPS) is 22.1. The minimum absolute atomic E-state index is 0.441. The number of unbranched alkanes of at least 4 members (excludes halogenated alkanes) is 3. The van der Waals surface area contributed by atoms with E-state index < -0.39 is 0 Å². The van der Waals surface area contributed by atoms with Crippen molar-refractivity contribution < 1.29 is 0 Å². The van der Waals surface area contributed by atoms with Crippen LogP contribution in [0.25, 0.3) is 0 Å². The molecule has 2 rings (SSSR count). The molecule has 0 heteroatoms. The second-order valence-electron chi connectivity index (χ2n) is 7.30. The maximum atomic E-state index is 2.51. The fourth-order valence-electron chi connectivity index (χ4n) is 3.77. The molecule has 0 nitrogen and oxygen atoms in total. The van der Waals surface area contributed by atoms with Gasteiger partial charge in [0.25, 0.3) is 0 Å². The first-order chi connectivity index (χ1) is 9.57. The Morgan fingerprint density at radius 2 is 1.95 bits per heavy atom. The Morgan fingerprint density at radius 1 is 1.15 bits per heavy atom. The second-order valence-corrected chi connectivity index (χ2v) is 7.30. The van der Waals surface area contributed by atoms with Crippen LogP contribution in [0.2, 0.25) is 0 Å². The minimum atomic E-state index is 0.441. The third-order valence-corrected chi connectivity index (χ3v) is 5.20. The zero-order chi connectivity index (χ0) is 14.6. The third-order valence-electron chi connectivity index (χ3n) is 5.20. The number of fused-ring (bicyclic) bond motifs is 1. The van der Waals surface area contributed by atoms with Crippen LogP contribution in [0.5, 0.6) is 0 Å². The van der Waals surface area contributed by atoms with Crippen molar-refractivity contribution in [3.63, 3.8) is 0 Å². The molecule has 0 heterocycles. The number of aryl methyl sites for hydroxylation is 1. The van der Waals surface area contributed by atoms with Crippen molar-refractivity contribution in [2.24, 2.45) is 0 Å². The van der Waals surface area contributed by atoms with Crippen molar-refractivity contribution in [3.8, 4) is 0 Å². The van der Waals surface area contributed by atoms with Crippen molar-refractivity contribution in [3.05, 3.63) is 34.9 Å². The van der Waals surface area contributed by atoms with E-state index in [4.69, 9.17) is 0 Å². The summed E-state index contributed by atoms with van der Waals surface area (Å²) in [5, 5.41) is 0.